The van der Waals surface area contributed by atoms with E-state index in [9.17, 15) is 4.79 Å². The highest BCUT2D eigenvalue weighted by molar-refractivity contribution is 9.10. The van der Waals surface area contributed by atoms with E-state index in [-0.39, 0.29) is 11.9 Å². The van der Waals surface area contributed by atoms with Crippen molar-refractivity contribution >= 4 is 33.4 Å². The molecule has 0 spiro atoms. The van der Waals surface area contributed by atoms with E-state index in [0.29, 0.717) is 17.1 Å². The highest BCUT2D eigenvalue weighted by atomic mass is 79.9. The number of methoxy groups -OCH3 is 1. The second kappa shape index (κ2) is 8.89. The van der Waals surface area contributed by atoms with E-state index in [2.05, 4.69) is 32.2 Å². The van der Waals surface area contributed by atoms with Gasteiger partial charge in [0, 0.05) is 16.6 Å². The Hall–Kier alpha value is -1.56. The molecule has 0 radical (unpaired) electrons. The maximum atomic E-state index is 12.7. The van der Waals surface area contributed by atoms with Gasteiger partial charge in [-0.25, -0.2) is 0 Å². The Morgan fingerprint density at radius 1 is 1.27 bits per heavy atom. The van der Waals surface area contributed by atoms with Gasteiger partial charge in [0.05, 0.1) is 23.7 Å². The molecule has 26 heavy (non-hydrogen) atoms. The van der Waals surface area contributed by atoms with Crippen LogP contribution in [0.2, 0.25) is 5.02 Å². The van der Waals surface area contributed by atoms with Crippen molar-refractivity contribution in [3.63, 3.8) is 0 Å². The first-order chi connectivity index (χ1) is 12.6. The first-order valence-electron chi connectivity index (χ1n) is 8.70. The van der Waals surface area contributed by atoms with Crippen LogP contribution in [-0.4, -0.2) is 37.6 Å². The molecule has 138 valence electrons. The number of amides is 1. The van der Waals surface area contributed by atoms with Crippen LogP contribution in [-0.2, 0) is 0 Å². The van der Waals surface area contributed by atoms with Gasteiger partial charge < -0.3 is 10.1 Å². The van der Waals surface area contributed by atoms with Crippen molar-refractivity contribution in [3.8, 4) is 5.75 Å². The van der Waals surface area contributed by atoms with Gasteiger partial charge in [0.25, 0.3) is 5.91 Å². The van der Waals surface area contributed by atoms with Gasteiger partial charge in [-0.15, -0.1) is 0 Å². The Morgan fingerprint density at radius 2 is 2.00 bits per heavy atom. The monoisotopic (exact) mass is 436 g/mol. The van der Waals surface area contributed by atoms with Gasteiger partial charge in [-0.3, -0.25) is 9.69 Å². The van der Waals surface area contributed by atoms with E-state index < -0.39 is 0 Å². The SMILES string of the molecule is COc1ccccc1C(CNC(=O)c1cc(Br)ccc1Cl)N1CCCC1. The first-order valence-corrected chi connectivity index (χ1v) is 9.87. The summed E-state index contributed by atoms with van der Waals surface area (Å²) in [5.41, 5.74) is 1.57. The van der Waals surface area contributed by atoms with Crippen molar-refractivity contribution in [3.05, 3.63) is 63.1 Å². The number of nitrogens with one attached hydrogen (secondary N) is 1. The van der Waals surface area contributed by atoms with Crippen molar-refractivity contribution in [2.24, 2.45) is 0 Å². The number of benzene rings is 2. The lowest BCUT2D eigenvalue weighted by atomic mass is 10.0. The van der Waals surface area contributed by atoms with E-state index in [0.717, 1.165) is 28.9 Å². The number of halogens is 2. The van der Waals surface area contributed by atoms with Crippen molar-refractivity contribution in [2.45, 2.75) is 18.9 Å². The molecule has 4 nitrogen and oxygen atoms in total. The molecule has 1 heterocycles. The average molecular weight is 438 g/mol. The fourth-order valence-corrected chi connectivity index (χ4v) is 3.95. The van der Waals surface area contributed by atoms with Crippen LogP contribution >= 0.6 is 27.5 Å². The summed E-state index contributed by atoms with van der Waals surface area (Å²) in [6, 6.07) is 13.4. The second-order valence-electron chi connectivity index (χ2n) is 6.34. The van der Waals surface area contributed by atoms with Crippen LogP contribution in [0.15, 0.2) is 46.9 Å². The van der Waals surface area contributed by atoms with Gasteiger partial charge >= 0.3 is 0 Å². The summed E-state index contributed by atoms with van der Waals surface area (Å²) < 4.78 is 6.37. The predicted octanol–water partition coefficient (Wildman–Crippen LogP) is 4.68. The third kappa shape index (κ3) is 4.40. The molecule has 0 bridgehead atoms. The Balaban J connectivity index is 1.80. The molecule has 1 aliphatic rings. The van der Waals surface area contributed by atoms with Crippen LogP contribution in [0.5, 0.6) is 5.75 Å². The third-order valence-electron chi connectivity index (χ3n) is 4.71. The third-order valence-corrected chi connectivity index (χ3v) is 5.53. The Kier molecular flexibility index (Phi) is 6.57. The highest BCUT2D eigenvalue weighted by Gasteiger charge is 2.26. The van der Waals surface area contributed by atoms with Gasteiger partial charge in [-0.2, -0.15) is 0 Å². The molecule has 0 aliphatic carbocycles. The number of para-hydroxylation sites is 1. The summed E-state index contributed by atoms with van der Waals surface area (Å²) in [5.74, 6) is 0.675. The normalized spacial score (nSPS) is 15.7. The molecule has 1 atom stereocenters. The molecule has 6 heteroatoms. The first kappa shape index (κ1) is 19.2. The Morgan fingerprint density at radius 3 is 2.73 bits per heavy atom. The van der Waals surface area contributed by atoms with Gasteiger partial charge in [-0.05, 0) is 50.2 Å². The van der Waals surface area contributed by atoms with Crippen molar-refractivity contribution in [1.29, 1.82) is 0 Å². The summed E-state index contributed by atoms with van der Waals surface area (Å²) >= 11 is 9.58. The van der Waals surface area contributed by atoms with Gasteiger partial charge in [0.15, 0.2) is 0 Å². The number of hydrogen-bond acceptors (Lipinski definition) is 3. The number of carbonyl (C=O) groups excluding carboxylic acids is 1. The number of ether oxygens (including phenoxy) is 1. The van der Waals surface area contributed by atoms with E-state index in [4.69, 9.17) is 16.3 Å². The number of nitrogens with zero attached hydrogens (tertiary/aromatic N) is 1. The molecule has 1 N–H and O–H groups in total. The van der Waals surface area contributed by atoms with Crippen LogP contribution in [0.1, 0.15) is 34.8 Å². The number of rotatable bonds is 6. The smallest absolute Gasteiger partial charge is 0.252 e. The van der Waals surface area contributed by atoms with Crippen LogP contribution in [0.4, 0.5) is 0 Å². The number of carbonyl (C=O) groups is 1. The summed E-state index contributed by atoms with van der Waals surface area (Å²) in [4.78, 5) is 15.1. The van der Waals surface area contributed by atoms with Crippen LogP contribution in [0.25, 0.3) is 0 Å². The molecule has 0 aromatic heterocycles. The van der Waals surface area contributed by atoms with E-state index >= 15 is 0 Å². The van der Waals surface area contributed by atoms with E-state index in [1.807, 2.05) is 24.3 Å². The molecule has 3 rings (SSSR count). The van der Waals surface area contributed by atoms with Gasteiger partial charge in [0.2, 0.25) is 0 Å². The zero-order valence-electron chi connectivity index (χ0n) is 14.7. The average Bonchev–Trinajstić information content (AvgIpc) is 3.18. The fraction of sp³-hybridized carbons (Fsp3) is 0.350. The van der Waals surface area contributed by atoms with E-state index in [1.54, 1.807) is 19.2 Å². The molecule has 2 aromatic carbocycles. The quantitative estimate of drug-likeness (QED) is 0.713. The standard InChI is InChI=1S/C20H22BrClN2O2/c1-26-19-7-3-2-6-15(19)18(24-10-4-5-11-24)13-23-20(25)16-12-14(21)8-9-17(16)22/h2-3,6-9,12,18H,4-5,10-11,13H2,1H3,(H,23,25). The minimum atomic E-state index is -0.171. The molecule has 1 aliphatic heterocycles. The zero-order chi connectivity index (χ0) is 18.5. The van der Waals surface area contributed by atoms with Crippen LogP contribution in [0, 0.1) is 0 Å². The maximum absolute atomic E-state index is 12.7. The van der Waals surface area contributed by atoms with E-state index in [1.165, 1.54) is 12.8 Å². The molecule has 1 fully saturated rings. The topological polar surface area (TPSA) is 41.6 Å². The molecule has 1 saturated heterocycles. The lowest BCUT2D eigenvalue weighted by Gasteiger charge is -2.29. The lowest BCUT2D eigenvalue weighted by molar-refractivity contribution is 0.0937. The number of hydrogen-bond donors (Lipinski definition) is 1. The molecular formula is C20H22BrClN2O2. The summed E-state index contributed by atoms with van der Waals surface area (Å²) in [7, 11) is 1.68. The molecule has 2 aromatic rings. The van der Waals surface area contributed by atoms with Crippen LogP contribution in [0.3, 0.4) is 0 Å². The largest absolute Gasteiger partial charge is 0.496 e. The molecular weight excluding hydrogens is 416 g/mol. The second-order valence-corrected chi connectivity index (χ2v) is 7.66. The lowest BCUT2D eigenvalue weighted by Crippen LogP contribution is -2.37. The summed E-state index contributed by atoms with van der Waals surface area (Å²) in [5, 5.41) is 3.50. The Bertz CT molecular complexity index is 778. The fourth-order valence-electron chi connectivity index (χ4n) is 3.39. The minimum absolute atomic E-state index is 0.0727. The van der Waals surface area contributed by atoms with Crippen molar-refractivity contribution < 1.29 is 9.53 Å². The highest BCUT2D eigenvalue weighted by Crippen LogP contribution is 2.31. The molecule has 0 saturated carbocycles. The van der Waals surface area contributed by atoms with Crippen molar-refractivity contribution in [1.82, 2.24) is 10.2 Å². The van der Waals surface area contributed by atoms with Crippen molar-refractivity contribution in [2.75, 3.05) is 26.7 Å². The summed E-state index contributed by atoms with van der Waals surface area (Å²) in [6.07, 6.45) is 2.36. The van der Waals surface area contributed by atoms with Gasteiger partial charge in [0.1, 0.15) is 5.75 Å². The summed E-state index contributed by atoms with van der Waals surface area (Å²) in [6.45, 7) is 2.55. The predicted molar refractivity (Wildman–Crippen MR) is 108 cm³/mol. The molecule has 1 amide bonds. The number of likely N-dealkylation sites (tertiary alicyclic amines) is 1. The molecule has 1 unspecified atom stereocenters. The maximum Gasteiger partial charge on any atom is 0.252 e. The van der Waals surface area contributed by atoms with Crippen LogP contribution < -0.4 is 10.1 Å². The minimum Gasteiger partial charge on any atom is -0.496 e. The van der Waals surface area contributed by atoms with Gasteiger partial charge in [-0.1, -0.05) is 45.7 Å². The Labute approximate surface area is 167 Å². The zero-order valence-corrected chi connectivity index (χ0v) is 17.0.